The van der Waals surface area contributed by atoms with E-state index in [9.17, 15) is 4.79 Å². The van der Waals surface area contributed by atoms with Crippen molar-refractivity contribution in [3.05, 3.63) is 52.9 Å². The fourth-order valence-electron chi connectivity index (χ4n) is 2.29. The van der Waals surface area contributed by atoms with Crippen LogP contribution in [0.25, 0.3) is 21.5 Å². The Morgan fingerprint density at radius 1 is 1.16 bits per heavy atom. The van der Waals surface area contributed by atoms with Crippen LogP contribution in [0, 0.1) is 0 Å². The number of pyridine rings is 1. The number of carbonyl (C=O) groups excluding carboxylic acids is 1. The van der Waals surface area contributed by atoms with Crippen LogP contribution in [-0.2, 0) is 0 Å². The molecule has 1 amide bonds. The molecule has 1 N–H and O–H groups in total. The lowest BCUT2D eigenvalue weighted by atomic mass is 10.2. The first-order valence-electron chi connectivity index (χ1n) is 7.35. The SMILES string of the molecule is COc1ccc2nc(C(=O)Nc3nnc(-c4ccsc4)s3)ccc2c1. The predicted octanol–water partition coefficient (Wildman–Crippen LogP) is 4.08. The molecular formula is C17H12N4O2S2. The summed E-state index contributed by atoms with van der Waals surface area (Å²) in [5.41, 5.74) is 2.05. The van der Waals surface area contributed by atoms with Gasteiger partial charge in [0.1, 0.15) is 16.5 Å². The maximum atomic E-state index is 12.4. The molecule has 0 spiro atoms. The van der Waals surface area contributed by atoms with Gasteiger partial charge in [0, 0.05) is 16.3 Å². The topological polar surface area (TPSA) is 77.0 Å². The molecule has 0 bridgehead atoms. The first-order valence-corrected chi connectivity index (χ1v) is 9.11. The molecule has 124 valence electrons. The van der Waals surface area contributed by atoms with E-state index in [-0.39, 0.29) is 5.91 Å². The number of anilines is 1. The Morgan fingerprint density at radius 3 is 2.88 bits per heavy atom. The number of hydrogen-bond donors (Lipinski definition) is 1. The summed E-state index contributed by atoms with van der Waals surface area (Å²) < 4.78 is 5.19. The van der Waals surface area contributed by atoms with Gasteiger partial charge in [-0.3, -0.25) is 10.1 Å². The molecule has 6 nitrogen and oxygen atoms in total. The molecule has 4 rings (SSSR count). The molecule has 25 heavy (non-hydrogen) atoms. The smallest absolute Gasteiger partial charge is 0.276 e. The minimum atomic E-state index is -0.314. The second-order valence-electron chi connectivity index (χ2n) is 5.13. The summed E-state index contributed by atoms with van der Waals surface area (Å²) in [6.45, 7) is 0. The third kappa shape index (κ3) is 3.21. The van der Waals surface area contributed by atoms with Crippen LogP contribution in [0.15, 0.2) is 47.2 Å². The van der Waals surface area contributed by atoms with E-state index >= 15 is 0 Å². The van der Waals surface area contributed by atoms with Crippen molar-refractivity contribution in [2.45, 2.75) is 0 Å². The molecule has 3 heterocycles. The number of thiophene rings is 1. The molecule has 1 aromatic carbocycles. The van der Waals surface area contributed by atoms with Gasteiger partial charge in [0.15, 0.2) is 0 Å². The minimum Gasteiger partial charge on any atom is -0.497 e. The number of benzene rings is 1. The Balaban J connectivity index is 1.55. The molecule has 3 aromatic heterocycles. The number of fused-ring (bicyclic) bond motifs is 1. The molecule has 0 saturated carbocycles. The number of aromatic nitrogens is 3. The lowest BCUT2D eigenvalue weighted by Gasteiger charge is -2.04. The van der Waals surface area contributed by atoms with Crippen LogP contribution in [0.3, 0.4) is 0 Å². The lowest BCUT2D eigenvalue weighted by Crippen LogP contribution is -2.13. The van der Waals surface area contributed by atoms with Crippen LogP contribution < -0.4 is 10.1 Å². The summed E-state index contributed by atoms with van der Waals surface area (Å²) >= 11 is 2.92. The number of carbonyl (C=O) groups is 1. The van der Waals surface area contributed by atoms with E-state index in [0.29, 0.717) is 10.8 Å². The number of nitrogens with one attached hydrogen (secondary N) is 1. The normalized spacial score (nSPS) is 10.8. The molecule has 0 aliphatic heterocycles. The van der Waals surface area contributed by atoms with Gasteiger partial charge in [-0.1, -0.05) is 17.4 Å². The van der Waals surface area contributed by atoms with Crippen molar-refractivity contribution >= 4 is 44.6 Å². The molecule has 0 aliphatic carbocycles. The van der Waals surface area contributed by atoms with Crippen molar-refractivity contribution in [3.63, 3.8) is 0 Å². The monoisotopic (exact) mass is 368 g/mol. The van der Waals surface area contributed by atoms with Crippen LogP contribution in [-0.4, -0.2) is 28.2 Å². The highest BCUT2D eigenvalue weighted by molar-refractivity contribution is 7.19. The third-order valence-electron chi connectivity index (χ3n) is 3.54. The number of rotatable bonds is 4. The van der Waals surface area contributed by atoms with Crippen LogP contribution in [0.2, 0.25) is 0 Å². The van der Waals surface area contributed by atoms with Gasteiger partial charge < -0.3 is 4.74 Å². The average Bonchev–Trinajstić information content (AvgIpc) is 3.32. The van der Waals surface area contributed by atoms with Crippen molar-refractivity contribution in [3.8, 4) is 16.3 Å². The van der Waals surface area contributed by atoms with E-state index in [2.05, 4.69) is 20.5 Å². The van der Waals surface area contributed by atoms with Gasteiger partial charge in [-0.05, 0) is 35.7 Å². The molecule has 8 heteroatoms. The summed E-state index contributed by atoms with van der Waals surface area (Å²) in [6.07, 6.45) is 0. The number of nitrogens with zero attached hydrogens (tertiary/aromatic N) is 3. The first kappa shape index (κ1) is 15.7. The van der Waals surface area contributed by atoms with Gasteiger partial charge in [0.2, 0.25) is 5.13 Å². The molecule has 0 saturated heterocycles. The zero-order chi connectivity index (χ0) is 17.2. The second-order valence-corrected chi connectivity index (χ2v) is 6.89. The van der Waals surface area contributed by atoms with Gasteiger partial charge in [-0.15, -0.1) is 10.2 Å². The summed E-state index contributed by atoms with van der Waals surface area (Å²) in [4.78, 5) is 16.8. The Kier molecular flexibility index (Phi) is 4.12. The lowest BCUT2D eigenvalue weighted by molar-refractivity contribution is 0.102. The zero-order valence-electron chi connectivity index (χ0n) is 13.1. The maximum absolute atomic E-state index is 12.4. The van der Waals surface area contributed by atoms with E-state index in [0.717, 1.165) is 27.2 Å². The van der Waals surface area contributed by atoms with Crippen molar-refractivity contribution in [1.82, 2.24) is 15.2 Å². The zero-order valence-corrected chi connectivity index (χ0v) is 14.7. The quantitative estimate of drug-likeness (QED) is 0.587. The van der Waals surface area contributed by atoms with E-state index < -0.39 is 0 Å². The predicted molar refractivity (Wildman–Crippen MR) is 99.5 cm³/mol. The number of methoxy groups -OCH3 is 1. The summed E-state index contributed by atoms with van der Waals surface area (Å²) in [7, 11) is 1.61. The summed E-state index contributed by atoms with van der Waals surface area (Å²) in [5.74, 6) is 0.437. The van der Waals surface area contributed by atoms with Gasteiger partial charge in [-0.25, -0.2) is 4.98 Å². The Hall–Kier alpha value is -2.84. The molecule has 0 aliphatic rings. The second kappa shape index (κ2) is 6.58. The van der Waals surface area contributed by atoms with Gasteiger partial charge in [0.25, 0.3) is 5.91 Å². The minimum absolute atomic E-state index is 0.314. The standard InChI is InChI=1S/C17H12N4O2S2/c1-23-12-3-5-13-10(8-12)2-4-14(18-13)15(22)19-17-21-20-16(25-17)11-6-7-24-9-11/h2-9H,1H3,(H,19,21,22). The molecule has 0 fully saturated rings. The fraction of sp³-hybridized carbons (Fsp3) is 0.0588. The Bertz CT molecular complexity index is 1040. The summed E-state index contributed by atoms with van der Waals surface area (Å²) in [6, 6.07) is 11.0. The van der Waals surface area contributed by atoms with E-state index in [1.807, 2.05) is 41.1 Å². The van der Waals surface area contributed by atoms with E-state index in [1.54, 1.807) is 24.5 Å². The van der Waals surface area contributed by atoms with Crippen molar-refractivity contribution in [2.75, 3.05) is 12.4 Å². The van der Waals surface area contributed by atoms with Gasteiger partial charge >= 0.3 is 0 Å². The third-order valence-corrected chi connectivity index (χ3v) is 5.11. The fourth-order valence-corrected chi connectivity index (χ4v) is 3.74. The highest BCUT2D eigenvalue weighted by Crippen LogP contribution is 2.28. The Labute approximate surface area is 151 Å². The number of hydrogen-bond acceptors (Lipinski definition) is 7. The van der Waals surface area contributed by atoms with Gasteiger partial charge in [-0.2, -0.15) is 11.3 Å². The van der Waals surface area contributed by atoms with Gasteiger partial charge in [0.05, 0.1) is 12.6 Å². The van der Waals surface area contributed by atoms with Crippen molar-refractivity contribution in [1.29, 1.82) is 0 Å². The molecular weight excluding hydrogens is 356 g/mol. The van der Waals surface area contributed by atoms with E-state index in [4.69, 9.17) is 4.74 Å². The van der Waals surface area contributed by atoms with Crippen LogP contribution >= 0.6 is 22.7 Å². The highest BCUT2D eigenvalue weighted by Gasteiger charge is 2.13. The molecule has 0 unspecified atom stereocenters. The van der Waals surface area contributed by atoms with Crippen molar-refractivity contribution in [2.24, 2.45) is 0 Å². The van der Waals surface area contributed by atoms with Crippen LogP contribution in [0.1, 0.15) is 10.5 Å². The Morgan fingerprint density at radius 2 is 2.08 bits per heavy atom. The maximum Gasteiger partial charge on any atom is 0.276 e. The average molecular weight is 368 g/mol. The first-order chi connectivity index (χ1) is 12.2. The number of amides is 1. The van der Waals surface area contributed by atoms with Crippen LogP contribution in [0.5, 0.6) is 5.75 Å². The summed E-state index contributed by atoms with van der Waals surface area (Å²) in [5, 5.41) is 17.0. The van der Waals surface area contributed by atoms with Crippen molar-refractivity contribution < 1.29 is 9.53 Å². The molecule has 4 aromatic rings. The van der Waals surface area contributed by atoms with Crippen LogP contribution in [0.4, 0.5) is 5.13 Å². The molecule has 0 atom stereocenters. The molecule has 0 radical (unpaired) electrons. The van der Waals surface area contributed by atoms with E-state index in [1.165, 1.54) is 11.3 Å². The largest absolute Gasteiger partial charge is 0.497 e. The number of ether oxygens (including phenoxy) is 1. The highest BCUT2D eigenvalue weighted by atomic mass is 32.1.